The number of carbonyl (C=O) groups excluding carboxylic acids is 3. The lowest BCUT2D eigenvalue weighted by Crippen LogP contribution is -2.60. The van der Waals surface area contributed by atoms with Crippen LogP contribution in [-0.4, -0.2) is 70.7 Å². The molecular weight excluding hydrogens is 428 g/mol. The van der Waals surface area contributed by atoms with Crippen LogP contribution in [0.5, 0.6) is 0 Å². The summed E-state index contributed by atoms with van der Waals surface area (Å²) in [5.74, 6) is -3.27. The number of amides is 3. The van der Waals surface area contributed by atoms with E-state index in [1.54, 1.807) is 44.2 Å². The number of hydrogen-bond donors (Lipinski definition) is 6. The zero-order valence-electron chi connectivity index (χ0n) is 19.2. The van der Waals surface area contributed by atoms with Gasteiger partial charge >= 0.3 is 5.97 Å². The van der Waals surface area contributed by atoms with Crippen molar-refractivity contribution < 1.29 is 29.4 Å². The van der Waals surface area contributed by atoms with E-state index in [0.29, 0.717) is 12.0 Å². The number of aliphatic hydroxyl groups is 1. The lowest BCUT2D eigenvalue weighted by atomic mass is 10.0. The van der Waals surface area contributed by atoms with Crippen molar-refractivity contribution in [3.8, 4) is 0 Å². The summed E-state index contributed by atoms with van der Waals surface area (Å²) in [6.45, 7) is 5.56. The molecule has 0 saturated carbocycles. The molecule has 1 aromatic rings. The molecule has 0 aromatic heterocycles. The summed E-state index contributed by atoms with van der Waals surface area (Å²) in [4.78, 5) is 49.9. The molecule has 33 heavy (non-hydrogen) atoms. The maximum atomic E-state index is 12.9. The van der Waals surface area contributed by atoms with E-state index in [0.717, 1.165) is 13.0 Å². The lowest BCUT2D eigenvalue weighted by molar-refractivity contribution is -0.143. The minimum Gasteiger partial charge on any atom is -0.480 e. The van der Waals surface area contributed by atoms with Crippen molar-refractivity contribution in [1.29, 1.82) is 0 Å². The molecule has 1 fully saturated rings. The molecule has 1 aliphatic rings. The van der Waals surface area contributed by atoms with Gasteiger partial charge in [0.15, 0.2) is 0 Å². The average Bonchev–Trinajstić information content (AvgIpc) is 3.30. The van der Waals surface area contributed by atoms with Gasteiger partial charge in [-0.15, -0.1) is 0 Å². The van der Waals surface area contributed by atoms with E-state index in [2.05, 4.69) is 21.3 Å². The second kappa shape index (κ2) is 12.3. The quantitative estimate of drug-likeness (QED) is 0.260. The summed E-state index contributed by atoms with van der Waals surface area (Å²) in [7, 11) is 0. The number of benzene rings is 1. The molecule has 10 nitrogen and oxygen atoms in total. The van der Waals surface area contributed by atoms with Crippen LogP contribution < -0.4 is 21.3 Å². The van der Waals surface area contributed by atoms with Gasteiger partial charge in [-0.3, -0.25) is 14.4 Å². The normalized spacial score (nSPS) is 19.2. The van der Waals surface area contributed by atoms with Crippen LogP contribution in [0.1, 0.15) is 39.2 Å². The van der Waals surface area contributed by atoms with Crippen LogP contribution in [0, 0.1) is 5.92 Å². The van der Waals surface area contributed by atoms with Crippen molar-refractivity contribution in [2.24, 2.45) is 5.92 Å². The molecule has 0 radical (unpaired) electrons. The number of nitrogens with one attached hydrogen (secondary N) is 4. The van der Waals surface area contributed by atoms with Gasteiger partial charge in [-0.2, -0.15) is 0 Å². The Morgan fingerprint density at radius 2 is 1.64 bits per heavy atom. The first kappa shape index (κ1) is 26.3. The van der Waals surface area contributed by atoms with Crippen molar-refractivity contribution in [2.45, 2.75) is 70.3 Å². The third-order valence-electron chi connectivity index (χ3n) is 5.58. The van der Waals surface area contributed by atoms with E-state index in [4.69, 9.17) is 0 Å². The highest BCUT2D eigenvalue weighted by Gasteiger charge is 2.34. The number of carboxylic acid groups (broad SMARTS) is 1. The second-order valence-corrected chi connectivity index (χ2v) is 8.70. The Bertz CT molecular complexity index is 824. The summed E-state index contributed by atoms with van der Waals surface area (Å²) in [5.41, 5.74) is 0.714. The maximum Gasteiger partial charge on any atom is 0.326 e. The van der Waals surface area contributed by atoms with Gasteiger partial charge in [0.05, 0.1) is 12.1 Å². The third-order valence-corrected chi connectivity index (χ3v) is 5.58. The van der Waals surface area contributed by atoms with Gasteiger partial charge in [-0.1, -0.05) is 44.2 Å². The molecule has 1 saturated heterocycles. The Balaban J connectivity index is 2.06. The Labute approximate surface area is 193 Å². The molecule has 3 amide bonds. The average molecular weight is 463 g/mol. The van der Waals surface area contributed by atoms with Gasteiger partial charge in [0.25, 0.3) is 0 Å². The van der Waals surface area contributed by atoms with Crippen LogP contribution in [0.4, 0.5) is 0 Å². The molecule has 1 aliphatic heterocycles. The number of aliphatic carboxylic acids is 1. The van der Waals surface area contributed by atoms with E-state index in [1.807, 2.05) is 0 Å². The number of carbonyl (C=O) groups is 4. The highest BCUT2D eigenvalue weighted by molar-refractivity contribution is 5.94. The molecule has 0 bridgehead atoms. The molecule has 5 unspecified atom stereocenters. The smallest absolute Gasteiger partial charge is 0.326 e. The predicted molar refractivity (Wildman–Crippen MR) is 121 cm³/mol. The lowest BCUT2D eigenvalue weighted by Gasteiger charge is -2.28. The molecule has 6 N–H and O–H groups in total. The Morgan fingerprint density at radius 3 is 2.15 bits per heavy atom. The molecule has 10 heteroatoms. The molecule has 5 atom stereocenters. The predicted octanol–water partition coefficient (Wildman–Crippen LogP) is -0.443. The summed E-state index contributed by atoms with van der Waals surface area (Å²) in [6.07, 6.45) is 0.297. The molecule has 0 spiro atoms. The van der Waals surface area contributed by atoms with E-state index in [1.165, 1.54) is 6.92 Å². The fraction of sp³-hybridized carbons (Fsp3) is 0.565. The SMILES string of the molecule is CC(C)C(NC(=O)C1CCCN1)C(=O)NC(C(=O)NC(Cc1ccccc1)C(=O)O)C(C)O. The minimum absolute atomic E-state index is 0.0431. The van der Waals surface area contributed by atoms with E-state index >= 15 is 0 Å². The highest BCUT2D eigenvalue weighted by atomic mass is 16.4. The third kappa shape index (κ3) is 7.83. The number of rotatable bonds is 11. The number of carboxylic acids is 1. The fourth-order valence-electron chi connectivity index (χ4n) is 3.66. The van der Waals surface area contributed by atoms with Gasteiger partial charge in [0.1, 0.15) is 18.1 Å². The van der Waals surface area contributed by atoms with Crippen molar-refractivity contribution in [2.75, 3.05) is 6.54 Å². The van der Waals surface area contributed by atoms with E-state index in [9.17, 15) is 29.4 Å². The molecule has 0 aliphatic carbocycles. The van der Waals surface area contributed by atoms with Crippen LogP contribution in [0.2, 0.25) is 0 Å². The first-order chi connectivity index (χ1) is 15.6. The molecule has 182 valence electrons. The highest BCUT2D eigenvalue weighted by Crippen LogP contribution is 2.09. The number of hydrogen-bond acceptors (Lipinski definition) is 6. The standard InChI is InChI=1S/C23H34N4O6/c1-13(2)18(26-20(29)16-10-7-11-24-16)21(30)27-19(14(3)28)22(31)25-17(23(32)33)12-15-8-5-4-6-9-15/h4-6,8-9,13-14,16-19,24,28H,7,10-12H2,1-3H3,(H,25,31)(H,26,29)(H,27,30)(H,32,33). The minimum atomic E-state index is -1.39. The Morgan fingerprint density at radius 1 is 1.00 bits per heavy atom. The molecule has 1 heterocycles. The maximum absolute atomic E-state index is 12.9. The summed E-state index contributed by atoms with van der Waals surface area (Å²) < 4.78 is 0. The van der Waals surface area contributed by atoms with Gasteiger partial charge < -0.3 is 31.5 Å². The fourth-order valence-corrected chi connectivity index (χ4v) is 3.66. The Kier molecular flexibility index (Phi) is 9.80. The topological polar surface area (TPSA) is 157 Å². The van der Waals surface area contributed by atoms with E-state index < -0.39 is 42.0 Å². The van der Waals surface area contributed by atoms with E-state index in [-0.39, 0.29) is 24.3 Å². The Hall–Kier alpha value is -2.98. The number of aliphatic hydroxyl groups excluding tert-OH is 1. The summed E-state index contributed by atoms with van der Waals surface area (Å²) in [5, 5.41) is 30.3. The van der Waals surface area contributed by atoms with Crippen molar-refractivity contribution in [3.05, 3.63) is 35.9 Å². The van der Waals surface area contributed by atoms with Crippen LogP contribution in [0.15, 0.2) is 30.3 Å². The van der Waals surface area contributed by atoms with Gasteiger partial charge in [0, 0.05) is 6.42 Å². The van der Waals surface area contributed by atoms with Gasteiger partial charge in [-0.25, -0.2) is 4.79 Å². The van der Waals surface area contributed by atoms with Crippen LogP contribution in [0.3, 0.4) is 0 Å². The molecular formula is C23H34N4O6. The first-order valence-corrected chi connectivity index (χ1v) is 11.2. The second-order valence-electron chi connectivity index (χ2n) is 8.70. The van der Waals surface area contributed by atoms with Crippen LogP contribution in [-0.2, 0) is 25.6 Å². The van der Waals surface area contributed by atoms with Crippen LogP contribution >= 0.6 is 0 Å². The van der Waals surface area contributed by atoms with Crippen molar-refractivity contribution in [1.82, 2.24) is 21.3 Å². The molecule has 1 aromatic carbocycles. The van der Waals surface area contributed by atoms with Crippen molar-refractivity contribution in [3.63, 3.8) is 0 Å². The zero-order valence-corrected chi connectivity index (χ0v) is 19.2. The largest absolute Gasteiger partial charge is 0.480 e. The van der Waals surface area contributed by atoms with Gasteiger partial charge in [0.2, 0.25) is 17.7 Å². The van der Waals surface area contributed by atoms with Crippen molar-refractivity contribution >= 4 is 23.7 Å². The van der Waals surface area contributed by atoms with Gasteiger partial charge in [-0.05, 0) is 37.8 Å². The first-order valence-electron chi connectivity index (χ1n) is 11.2. The molecule has 2 rings (SSSR count). The summed E-state index contributed by atoms with van der Waals surface area (Å²) in [6, 6.07) is 4.87. The monoisotopic (exact) mass is 462 g/mol. The summed E-state index contributed by atoms with van der Waals surface area (Å²) >= 11 is 0. The van der Waals surface area contributed by atoms with Crippen LogP contribution in [0.25, 0.3) is 0 Å². The zero-order chi connectivity index (χ0) is 24.5.